The molecule has 2 aliphatic rings. The van der Waals surface area contributed by atoms with E-state index in [9.17, 15) is 14.0 Å². The Morgan fingerprint density at radius 3 is 2.59 bits per heavy atom. The van der Waals surface area contributed by atoms with Crippen molar-refractivity contribution >= 4 is 17.7 Å². The Morgan fingerprint density at radius 2 is 1.92 bits per heavy atom. The Kier molecular flexibility index (Phi) is 8.33. The molecule has 1 saturated heterocycles. The number of ether oxygens (including phenoxy) is 2. The lowest BCUT2D eigenvalue weighted by molar-refractivity contribution is -0.121. The first-order valence-corrected chi connectivity index (χ1v) is 13.5. The van der Waals surface area contributed by atoms with Crippen molar-refractivity contribution < 1.29 is 23.5 Å². The van der Waals surface area contributed by atoms with Crippen molar-refractivity contribution in [1.29, 1.82) is 0 Å². The molecule has 3 heterocycles. The quantitative estimate of drug-likeness (QED) is 0.541. The summed E-state index contributed by atoms with van der Waals surface area (Å²) in [5.41, 5.74) is 2.66. The van der Waals surface area contributed by atoms with Crippen LogP contribution in [0.2, 0.25) is 0 Å². The third kappa shape index (κ3) is 6.76. The highest BCUT2D eigenvalue weighted by Gasteiger charge is 2.41. The molecule has 2 aliphatic heterocycles. The average molecular weight is 541 g/mol. The molecule has 212 valence electrons. The van der Waals surface area contributed by atoms with Crippen molar-refractivity contribution in [1.82, 2.24) is 14.8 Å². The molecule has 1 aromatic heterocycles. The molecular weight excluding hydrogens is 499 g/mol. The fourth-order valence-corrected chi connectivity index (χ4v) is 5.46. The zero-order valence-corrected chi connectivity index (χ0v) is 24.2. The van der Waals surface area contributed by atoms with E-state index < -0.39 is 5.60 Å². The SMILES string of the molecule is COC[C@H]1CN(C(=O)OC(C)(C)C)[C@H](C)CN1CC(=O)N1CC(C)(C)c2cnc(Cc3cccc(F)c3)cc21. The van der Waals surface area contributed by atoms with E-state index in [4.69, 9.17) is 9.47 Å². The number of piperazine rings is 1. The first kappa shape index (κ1) is 29.0. The lowest BCUT2D eigenvalue weighted by Crippen LogP contribution is -2.62. The zero-order chi connectivity index (χ0) is 28.5. The van der Waals surface area contributed by atoms with E-state index in [1.807, 2.05) is 50.9 Å². The molecule has 0 spiro atoms. The third-order valence-electron chi connectivity index (χ3n) is 7.37. The largest absolute Gasteiger partial charge is 0.444 e. The minimum Gasteiger partial charge on any atom is -0.444 e. The number of carbonyl (C=O) groups is 2. The number of benzene rings is 1. The number of carbonyl (C=O) groups excluding carboxylic acids is 2. The van der Waals surface area contributed by atoms with Gasteiger partial charge in [-0.1, -0.05) is 26.0 Å². The van der Waals surface area contributed by atoms with Crippen molar-refractivity contribution in [2.45, 2.75) is 71.1 Å². The van der Waals surface area contributed by atoms with Gasteiger partial charge in [0.2, 0.25) is 5.91 Å². The maximum absolute atomic E-state index is 13.8. The third-order valence-corrected chi connectivity index (χ3v) is 7.37. The summed E-state index contributed by atoms with van der Waals surface area (Å²) in [6, 6.07) is 8.20. The number of aromatic nitrogens is 1. The normalized spacial score (nSPS) is 21.1. The lowest BCUT2D eigenvalue weighted by Gasteiger charge is -2.45. The van der Waals surface area contributed by atoms with Crippen LogP contribution in [0.5, 0.6) is 0 Å². The minimum absolute atomic E-state index is 0.0104. The van der Waals surface area contributed by atoms with Gasteiger partial charge in [-0.3, -0.25) is 14.7 Å². The summed E-state index contributed by atoms with van der Waals surface area (Å²) < 4.78 is 24.8. The first-order chi connectivity index (χ1) is 18.3. The highest BCUT2D eigenvalue weighted by Crippen LogP contribution is 2.40. The van der Waals surface area contributed by atoms with Crippen molar-refractivity contribution in [3.05, 3.63) is 59.2 Å². The second kappa shape index (κ2) is 11.2. The van der Waals surface area contributed by atoms with Crippen LogP contribution in [0.15, 0.2) is 36.5 Å². The Balaban J connectivity index is 1.52. The van der Waals surface area contributed by atoms with Crippen LogP contribution in [0, 0.1) is 5.82 Å². The second-order valence-electron chi connectivity index (χ2n) is 12.4. The van der Waals surface area contributed by atoms with Crippen LogP contribution < -0.4 is 4.90 Å². The molecule has 0 unspecified atom stereocenters. The van der Waals surface area contributed by atoms with Gasteiger partial charge in [0.15, 0.2) is 0 Å². The van der Waals surface area contributed by atoms with Crippen molar-refractivity contribution in [3.8, 4) is 0 Å². The molecule has 4 rings (SSSR count). The van der Waals surface area contributed by atoms with Gasteiger partial charge >= 0.3 is 6.09 Å². The highest BCUT2D eigenvalue weighted by molar-refractivity contribution is 5.97. The molecule has 9 heteroatoms. The number of hydrogen-bond donors (Lipinski definition) is 0. The highest BCUT2D eigenvalue weighted by atomic mass is 19.1. The maximum atomic E-state index is 13.8. The van der Waals surface area contributed by atoms with E-state index in [-0.39, 0.29) is 41.9 Å². The van der Waals surface area contributed by atoms with E-state index in [1.54, 1.807) is 18.1 Å². The molecule has 8 nitrogen and oxygen atoms in total. The molecule has 1 aromatic carbocycles. The number of pyridine rings is 1. The van der Waals surface area contributed by atoms with Crippen LogP contribution in [0.3, 0.4) is 0 Å². The fraction of sp³-hybridized carbons (Fsp3) is 0.567. The van der Waals surface area contributed by atoms with Gasteiger partial charge in [-0.25, -0.2) is 9.18 Å². The van der Waals surface area contributed by atoms with Crippen LogP contribution in [0.4, 0.5) is 14.9 Å². The number of nitrogens with zero attached hydrogens (tertiary/aromatic N) is 4. The number of halogens is 1. The topological polar surface area (TPSA) is 75.2 Å². The molecule has 0 N–H and O–H groups in total. The minimum atomic E-state index is -0.584. The van der Waals surface area contributed by atoms with Crippen molar-refractivity contribution in [2.24, 2.45) is 0 Å². The number of amides is 2. The van der Waals surface area contributed by atoms with Crippen molar-refractivity contribution in [2.75, 3.05) is 44.8 Å². The van der Waals surface area contributed by atoms with E-state index in [0.29, 0.717) is 32.7 Å². The molecule has 0 bridgehead atoms. The molecule has 2 amide bonds. The molecular formula is C30H41FN4O4. The zero-order valence-electron chi connectivity index (χ0n) is 24.2. The number of methoxy groups -OCH3 is 1. The van der Waals surface area contributed by atoms with Gasteiger partial charge in [0, 0.05) is 62.1 Å². The molecule has 1 fully saturated rings. The first-order valence-electron chi connectivity index (χ1n) is 13.5. The number of anilines is 1. The summed E-state index contributed by atoms with van der Waals surface area (Å²) in [4.78, 5) is 37.0. The van der Waals surface area contributed by atoms with Crippen molar-refractivity contribution in [3.63, 3.8) is 0 Å². The van der Waals surface area contributed by atoms with Gasteiger partial charge < -0.3 is 19.3 Å². The molecule has 39 heavy (non-hydrogen) atoms. The fourth-order valence-electron chi connectivity index (χ4n) is 5.46. The summed E-state index contributed by atoms with van der Waals surface area (Å²) in [6.45, 7) is 13.9. The standard InChI is InChI=1S/C30H41FN4O4/c1-20-15-33(24(18-38-7)16-34(20)28(37)39-29(2,3)4)17-27(36)35-19-30(5,6)25-14-32-23(13-26(25)35)12-21-9-8-10-22(31)11-21/h8-11,13-14,20,24H,12,15-19H2,1-7H3/t20-,24-/m1/s1. The van der Waals surface area contributed by atoms with Gasteiger partial charge in [-0.05, 0) is 51.5 Å². The summed E-state index contributed by atoms with van der Waals surface area (Å²) in [7, 11) is 1.63. The Morgan fingerprint density at radius 1 is 1.18 bits per heavy atom. The van der Waals surface area contributed by atoms with Gasteiger partial charge in [0.1, 0.15) is 11.4 Å². The number of rotatable bonds is 6. The summed E-state index contributed by atoms with van der Waals surface area (Å²) in [5.74, 6) is -0.290. The molecule has 2 aromatic rings. The number of fused-ring (bicyclic) bond motifs is 1. The van der Waals surface area contributed by atoms with Crippen LogP contribution in [-0.2, 0) is 26.1 Å². The van der Waals surface area contributed by atoms with Gasteiger partial charge in [-0.2, -0.15) is 0 Å². The van der Waals surface area contributed by atoms with Crippen LogP contribution in [0.1, 0.15) is 58.4 Å². The summed E-state index contributed by atoms with van der Waals surface area (Å²) in [6.07, 6.45) is 1.98. The Bertz CT molecular complexity index is 1210. The Hall–Kier alpha value is -3.04. The number of hydrogen-bond acceptors (Lipinski definition) is 6. The molecule has 2 atom stereocenters. The summed E-state index contributed by atoms with van der Waals surface area (Å²) in [5, 5.41) is 0. The van der Waals surface area contributed by atoms with Gasteiger partial charge in [0.05, 0.1) is 24.9 Å². The maximum Gasteiger partial charge on any atom is 0.410 e. The lowest BCUT2D eigenvalue weighted by atomic mass is 9.88. The Labute approximate surface area is 231 Å². The smallest absolute Gasteiger partial charge is 0.410 e. The molecule has 0 radical (unpaired) electrons. The van der Waals surface area contributed by atoms with E-state index in [2.05, 4.69) is 23.7 Å². The van der Waals surface area contributed by atoms with Crippen LogP contribution in [-0.4, -0.2) is 84.4 Å². The molecule has 0 saturated carbocycles. The van der Waals surface area contributed by atoms with Gasteiger partial charge in [-0.15, -0.1) is 0 Å². The predicted octanol–water partition coefficient (Wildman–Crippen LogP) is 4.39. The van der Waals surface area contributed by atoms with E-state index in [0.717, 1.165) is 22.5 Å². The van der Waals surface area contributed by atoms with E-state index >= 15 is 0 Å². The predicted molar refractivity (Wildman–Crippen MR) is 148 cm³/mol. The second-order valence-corrected chi connectivity index (χ2v) is 12.4. The van der Waals surface area contributed by atoms with Crippen LogP contribution >= 0.6 is 0 Å². The molecule has 0 aliphatic carbocycles. The van der Waals surface area contributed by atoms with Gasteiger partial charge in [0.25, 0.3) is 0 Å². The van der Waals surface area contributed by atoms with Crippen LogP contribution in [0.25, 0.3) is 0 Å². The average Bonchev–Trinajstić information content (AvgIpc) is 3.10. The monoisotopic (exact) mass is 540 g/mol. The van der Waals surface area contributed by atoms with E-state index in [1.165, 1.54) is 12.1 Å². The summed E-state index contributed by atoms with van der Waals surface area (Å²) >= 11 is 0.